The molecule has 0 saturated carbocycles. The molecular formula is C20H18O3. The van der Waals surface area contributed by atoms with Gasteiger partial charge in [-0.1, -0.05) is 61.5 Å². The van der Waals surface area contributed by atoms with Crippen molar-refractivity contribution in [1.29, 1.82) is 0 Å². The molecule has 0 saturated heterocycles. The summed E-state index contributed by atoms with van der Waals surface area (Å²) in [6, 6.07) is 19.2. The number of carboxylic acids is 1. The topological polar surface area (TPSA) is 46.5 Å². The number of rotatable bonds is 4. The molecule has 0 aromatic heterocycles. The van der Waals surface area contributed by atoms with Crippen molar-refractivity contribution in [1.82, 2.24) is 0 Å². The number of methoxy groups -OCH3 is 1. The number of aromatic carboxylic acids is 1. The van der Waals surface area contributed by atoms with E-state index in [1.165, 1.54) is 0 Å². The monoisotopic (exact) mass is 306 g/mol. The van der Waals surface area contributed by atoms with Crippen LogP contribution < -0.4 is 4.74 Å². The van der Waals surface area contributed by atoms with Crippen LogP contribution in [0.2, 0.25) is 0 Å². The van der Waals surface area contributed by atoms with Crippen LogP contribution in [0, 0.1) is 0 Å². The van der Waals surface area contributed by atoms with Gasteiger partial charge in [-0.2, -0.15) is 0 Å². The van der Waals surface area contributed by atoms with Gasteiger partial charge in [0.1, 0.15) is 5.75 Å². The van der Waals surface area contributed by atoms with Gasteiger partial charge in [-0.25, -0.2) is 4.79 Å². The molecule has 3 aromatic rings. The van der Waals surface area contributed by atoms with E-state index in [0.29, 0.717) is 5.56 Å². The molecular weight excluding hydrogens is 288 g/mol. The predicted octanol–water partition coefficient (Wildman–Crippen LogP) is 4.70. The molecule has 0 unspecified atom stereocenters. The molecule has 23 heavy (non-hydrogen) atoms. The van der Waals surface area contributed by atoms with E-state index in [9.17, 15) is 9.90 Å². The van der Waals surface area contributed by atoms with E-state index >= 15 is 0 Å². The van der Waals surface area contributed by atoms with Crippen LogP contribution in [0.3, 0.4) is 0 Å². The number of ether oxygens (including phenoxy) is 1. The number of hydrogen-bond acceptors (Lipinski definition) is 2. The minimum absolute atomic E-state index is 0.0816. The lowest BCUT2D eigenvalue weighted by molar-refractivity contribution is 0.0697. The summed E-state index contributed by atoms with van der Waals surface area (Å²) >= 11 is 0. The summed E-state index contributed by atoms with van der Waals surface area (Å²) in [5.41, 5.74) is 2.13. The first kappa shape index (κ1) is 15.1. The molecule has 0 heterocycles. The summed E-state index contributed by atoms with van der Waals surface area (Å²) in [6.45, 7) is 2.01. The van der Waals surface area contributed by atoms with E-state index in [2.05, 4.69) is 0 Å². The highest BCUT2D eigenvalue weighted by molar-refractivity contribution is 6.05. The third kappa shape index (κ3) is 2.66. The van der Waals surface area contributed by atoms with Gasteiger partial charge in [0.2, 0.25) is 0 Å². The smallest absolute Gasteiger partial charge is 0.336 e. The third-order valence-electron chi connectivity index (χ3n) is 4.25. The molecule has 0 aliphatic rings. The van der Waals surface area contributed by atoms with Crippen molar-refractivity contribution in [3.8, 4) is 5.75 Å². The van der Waals surface area contributed by atoms with Gasteiger partial charge >= 0.3 is 5.97 Å². The van der Waals surface area contributed by atoms with Gasteiger partial charge in [0.15, 0.2) is 0 Å². The quantitative estimate of drug-likeness (QED) is 0.760. The summed E-state index contributed by atoms with van der Waals surface area (Å²) in [7, 11) is 1.63. The Morgan fingerprint density at radius 2 is 1.65 bits per heavy atom. The van der Waals surface area contributed by atoms with Gasteiger partial charge in [-0.15, -0.1) is 0 Å². The summed E-state index contributed by atoms with van der Waals surface area (Å²) in [5, 5.41) is 11.4. The van der Waals surface area contributed by atoms with Crippen LogP contribution in [0.15, 0.2) is 60.7 Å². The van der Waals surface area contributed by atoms with Crippen LogP contribution >= 0.6 is 0 Å². The maximum absolute atomic E-state index is 11.9. The van der Waals surface area contributed by atoms with Crippen molar-refractivity contribution in [3.05, 3.63) is 77.4 Å². The molecule has 1 N–H and O–H groups in total. The summed E-state index contributed by atoms with van der Waals surface area (Å²) in [4.78, 5) is 11.9. The zero-order valence-corrected chi connectivity index (χ0v) is 13.1. The molecule has 0 radical (unpaired) electrons. The number of benzene rings is 3. The second-order valence-corrected chi connectivity index (χ2v) is 5.52. The lowest BCUT2D eigenvalue weighted by Crippen LogP contribution is -2.08. The second-order valence-electron chi connectivity index (χ2n) is 5.52. The Labute approximate surface area is 135 Å². The predicted molar refractivity (Wildman–Crippen MR) is 91.4 cm³/mol. The van der Waals surface area contributed by atoms with Gasteiger partial charge < -0.3 is 9.84 Å². The molecule has 0 aliphatic carbocycles. The molecule has 0 aliphatic heterocycles. The third-order valence-corrected chi connectivity index (χ3v) is 4.25. The van der Waals surface area contributed by atoms with Crippen LogP contribution in [0.5, 0.6) is 5.75 Å². The van der Waals surface area contributed by atoms with Crippen LogP contribution in [0.25, 0.3) is 10.8 Å². The van der Waals surface area contributed by atoms with Crippen LogP contribution in [0.4, 0.5) is 0 Å². The molecule has 0 fully saturated rings. The molecule has 0 amide bonds. The fourth-order valence-corrected chi connectivity index (χ4v) is 3.08. The lowest BCUT2D eigenvalue weighted by atomic mass is 9.86. The fraction of sp³-hybridized carbons (Fsp3) is 0.150. The SMILES string of the molecule is COc1ccccc1[C@H](C)c1ccc2ccccc2c1C(=O)O. The maximum atomic E-state index is 11.9. The highest BCUT2D eigenvalue weighted by atomic mass is 16.5. The van der Waals surface area contributed by atoms with Gasteiger partial charge in [0, 0.05) is 11.5 Å². The highest BCUT2D eigenvalue weighted by Gasteiger charge is 2.21. The Kier molecular flexibility index (Phi) is 4.02. The molecule has 3 rings (SSSR count). The molecule has 3 nitrogen and oxygen atoms in total. The summed E-state index contributed by atoms with van der Waals surface area (Å²) < 4.78 is 5.43. The van der Waals surface area contributed by atoms with Crippen molar-refractivity contribution in [2.75, 3.05) is 7.11 Å². The van der Waals surface area contributed by atoms with Crippen molar-refractivity contribution >= 4 is 16.7 Å². The van der Waals surface area contributed by atoms with Gasteiger partial charge in [-0.3, -0.25) is 0 Å². The average Bonchev–Trinajstić information content (AvgIpc) is 2.59. The molecule has 0 spiro atoms. The van der Waals surface area contributed by atoms with E-state index < -0.39 is 5.97 Å². The van der Waals surface area contributed by atoms with Crippen LogP contribution in [0.1, 0.15) is 34.3 Å². The Morgan fingerprint density at radius 3 is 2.39 bits per heavy atom. The van der Waals surface area contributed by atoms with Gasteiger partial charge in [-0.05, 0) is 22.4 Å². The number of fused-ring (bicyclic) bond motifs is 1. The Morgan fingerprint density at radius 1 is 0.957 bits per heavy atom. The molecule has 3 aromatic carbocycles. The normalized spacial score (nSPS) is 12.1. The molecule has 116 valence electrons. The Bertz CT molecular complexity index is 868. The first-order valence-corrected chi connectivity index (χ1v) is 7.51. The maximum Gasteiger partial charge on any atom is 0.336 e. The van der Waals surface area contributed by atoms with Crippen molar-refractivity contribution in [3.63, 3.8) is 0 Å². The van der Waals surface area contributed by atoms with Crippen molar-refractivity contribution < 1.29 is 14.6 Å². The minimum atomic E-state index is -0.904. The van der Waals surface area contributed by atoms with Crippen molar-refractivity contribution in [2.45, 2.75) is 12.8 Å². The van der Waals surface area contributed by atoms with Crippen LogP contribution in [-0.4, -0.2) is 18.2 Å². The fourth-order valence-electron chi connectivity index (χ4n) is 3.08. The van der Waals surface area contributed by atoms with Crippen molar-refractivity contribution in [2.24, 2.45) is 0 Å². The Hall–Kier alpha value is -2.81. The summed E-state index contributed by atoms with van der Waals surface area (Å²) in [6.07, 6.45) is 0. The number of carboxylic acid groups (broad SMARTS) is 1. The van der Waals surface area contributed by atoms with E-state index in [-0.39, 0.29) is 5.92 Å². The minimum Gasteiger partial charge on any atom is -0.496 e. The standard InChI is InChI=1S/C20H18O3/c1-13(15-8-5-6-10-18(15)23-2)16-12-11-14-7-3-4-9-17(14)19(16)20(21)22/h3-13H,1-2H3,(H,21,22)/t13-/m0/s1. The first-order chi connectivity index (χ1) is 11.1. The lowest BCUT2D eigenvalue weighted by Gasteiger charge is -2.19. The molecule has 0 bridgehead atoms. The average molecular weight is 306 g/mol. The van der Waals surface area contributed by atoms with Gasteiger partial charge in [0.25, 0.3) is 0 Å². The largest absolute Gasteiger partial charge is 0.496 e. The van der Waals surface area contributed by atoms with E-state index in [1.54, 1.807) is 7.11 Å². The first-order valence-electron chi connectivity index (χ1n) is 7.51. The molecule has 3 heteroatoms. The zero-order valence-electron chi connectivity index (χ0n) is 13.1. The highest BCUT2D eigenvalue weighted by Crippen LogP contribution is 2.35. The Balaban J connectivity index is 2.23. The second kappa shape index (κ2) is 6.13. The number of hydrogen-bond donors (Lipinski definition) is 1. The zero-order chi connectivity index (χ0) is 16.4. The van der Waals surface area contributed by atoms with Gasteiger partial charge in [0.05, 0.1) is 12.7 Å². The van der Waals surface area contributed by atoms with E-state index in [0.717, 1.165) is 27.6 Å². The number of carbonyl (C=O) groups is 1. The van der Waals surface area contributed by atoms with E-state index in [1.807, 2.05) is 67.6 Å². The number of para-hydroxylation sites is 1. The van der Waals surface area contributed by atoms with Crippen LogP contribution in [-0.2, 0) is 0 Å². The summed E-state index contributed by atoms with van der Waals surface area (Å²) in [5.74, 6) is -0.218. The van der Waals surface area contributed by atoms with E-state index in [4.69, 9.17) is 4.74 Å². The molecule has 1 atom stereocenters.